The van der Waals surface area contributed by atoms with E-state index < -0.39 is 0 Å². The minimum atomic E-state index is -0.00834. The first-order valence-corrected chi connectivity index (χ1v) is 5.40. The largest absolute Gasteiger partial charge is 0.456 e. The fourth-order valence-electron chi connectivity index (χ4n) is 1.51. The number of aliphatic hydroxyl groups excluding tert-OH is 1. The topological polar surface area (TPSA) is 79.3 Å². The summed E-state index contributed by atoms with van der Waals surface area (Å²) in [5, 5.41) is 17.9. The summed E-state index contributed by atoms with van der Waals surface area (Å²) in [5.74, 6) is 1.07. The number of hydrogen-bond donors (Lipinski definition) is 2. The SMILES string of the molecule is N#Cc1cc(N)ccc1Oc1ccc(CO)cc1. The van der Waals surface area contributed by atoms with E-state index in [4.69, 9.17) is 20.8 Å². The minimum absolute atomic E-state index is 0.00834. The summed E-state index contributed by atoms with van der Waals surface area (Å²) in [4.78, 5) is 0. The van der Waals surface area contributed by atoms with Gasteiger partial charge in [0.05, 0.1) is 12.2 Å². The Morgan fingerprint density at radius 3 is 2.50 bits per heavy atom. The third-order valence-corrected chi connectivity index (χ3v) is 2.46. The average molecular weight is 240 g/mol. The standard InChI is InChI=1S/C14H12N2O2/c15-8-11-7-12(16)3-6-14(11)18-13-4-1-10(9-17)2-5-13/h1-7,17H,9,16H2. The number of hydrogen-bond acceptors (Lipinski definition) is 4. The fourth-order valence-corrected chi connectivity index (χ4v) is 1.51. The number of anilines is 1. The van der Waals surface area contributed by atoms with Crippen LogP contribution in [0.2, 0.25) is 0 Å². The molecule has 0 aliphatic carbocycles. The van der Waals surface area contributed by atoms with Crippen molar-refractivity contribution in [2.24, 2.45) is 0 Å². The molecule has 0 bridgehead atoms. The highest BCUT2D eigenvalue weighted by atomic mass is 16.5. The molecule has 0 aliphatic rings. The Morgan fingerprint density at radius 1 is 1.17 bits per heavy atom. The molecule has 3 N–H and O–H groups in total. The highest BCUT2D eigenvalue weighted by Gasteiger charge is 2.05. The summed E-state index contributed by atoms with van der Waals surface area (Å²) < 4.78 is 5.60. The van der Waals surface area contributed by atoms with Gasteiger partial charge < -0.3 is 15.6 Å². The van der Waals surface area contributed by atoms with Gasteiger partial charge in [-0.25, -0.2) is 0 Å². The zero-order valence-corrected chi connectivity index (χ0v) is 9.63. The van der Waals surface area contributed by atoms with Crippen molar-refractivity contribution in [1.29, 1.82) is 5.26 Å². The number of ether oxygens (including phenoxy) is 1. The van der Waals surface area contributed by atoms with E-state index in [9.17, 15) is 0 Å². The van der Waals surface area contributed by atoms with Crippen LogP contribution in [-0.2, 0) is 6.61 Å². The maximum Gasteiger partial charge on any atom is 0.145 e. The van der Waals surface area contributed by atoms with Crippen molar-refractivity contribution in [3.63, 3.8) is 0 Å². The molecule has 0 aromatic heterocycles. The zero-order chi connectivity index (χ0) is 13.0. The van der Waals surface area contributed by atoms with Crippen molar-refractivity contribution >= 4 is 5.69 Å². The molecule has 0 saturated carbocycles. The van der Waals surface area contributed by atoms with Crippen molar-refractivity contribution in [1.82, 2.24) is 0 Å². The van der Waals surface area contributed by atoms with Crippen molar-refractivity contribution in [2.45, 2.75) is 6.61 Å². The van der Waals surface area contributed by atoms with Crippen LogP contribution in [0.25, 0.3) is 0 Å². The molecule has 2 aromatic carbocycles. The van der Waals surface area contributed by atoms with E-state index in [1.807, 2.05) is 6.07 Å². The maximum absolute atomic E-state index is 8.98. The molecule has 0 fully saturated rings. The van der Waals surface area contributed by atoms with Gasteiger partial charge in [0.2, 0.25) is 0 Å². The second-order valence-corrected chi connectivity index (χ2v) is 3.77. The van der Waals surface area contributed by atoms with E-state index in [1.54, 1.807) is 42.5 Å². The number of nitrogen functional groups attached to an aromatic ring is 1. The van der Waals surface area contributed by atoms with Gasteiger partial charge in [0.25, 0.3) is 0 Å². The van der Waals surface area contributed by atoms with Crippen molar-refractivity contribution in [3.05, 3.63) is 53.6 Å². The van der Waals surface area contributed by atoms with Crippen molar-refractivity contribution in [2.75, 3.05) is 5.73 Å². The molecule has 4 nitrogen and oxygen atoms in total. The van der Waals surface area contributed by atoms with Crippen LogP contribution in [0, 0.1) is 11.3 Å². The number of nitrogens with zero attached hydrogens (tertiary/aromatic N) is 1. The lowest BCUT2D eigenvalue weighted by molar-refractivity contribution is 0.281. The van der Waals surface area contributed by atoms with E-state index in [2.05, 4.69) is 0 Å². The van der Waals surface area contributed by atoms with Gasteiger partial charge in [-0.15, -0.1) is 0 Å². The van der Waals surface area contributed by atoms with Crippen LogP contribution in [0.5, 0.6) is 11.5 Å². The first-order valence-electron chi connectivity index (χ1n) is 5.40. The Morgan fingerprint density at radius 2 is 1.89 bits per heavy atom. The first-order chi connectivity index (χ1) is 8.72. The van der Waals surface area contributed by atoms with Crippen LogP contribution in [-0.4, -0.2) is 5.11 Å². The number of benzene rings is 2. The van der Waals surface area contributed by atoms with E-state index in [0.29, 0.717) is 22.7 Å². The Hall–Kier alpha value is -2.51. The lowest BCUT2D eigenvalue weighted by Gasteiger charge is -2.08. The molecule has 18 heavy (non-hydrogen) atoms. The Labute approximate surface area is 105 Å². The molecule has 4 heteroatoms. The van der Waals surface area contributed by atoms with Crippen LogP contribution in [0.15, 0.2) is 42.5 Å². The summed E-state index contributed by atoms with van der Waals surface area (Å²) >= 11 is 0. The first kappa shape index (κ1) is 12.0. The van der Waals surface area contributed by atoms with Crippen LogP contribution >= 0.6 is 0 Å². The van der Waals surface area contributed by atoms with Crippen LogP contribution < -0.4 is 10.5 Å². The number of rotatable bonds is 3. The lowest BCUT2D eigenvalue weighted by atomic mass is 10.2. The summed E-state index contributed by atoms with van der Waals surface area (Å²) in [6.07, 6.45) is 0. The van der Waals surface area contributed by atoms with Gasteiger partial charge in [0.1, 0.15) is 17.6 Å². The zero-order valence-electron chi connectivity index (χ0n) is 9.63. The van der Waals surface area contributed by atoms with Gasteiger partial charge in [-0.3, -0.25) is 0 Å². The highest BCUT2D eigenvalue weighted by molar-refractivity contribution is 5.54. The summed E-state index contributed by atoms with van der Waals surface area (Å²) in [6.45, 7) is -0.00834. The molecule has 2 rings (SSSR count). The molecular formula is C14H12N2O2. The molecule has 90 valence electrons. The van der Waals surface area contributed by atoms with Gasteiger partial charge in [0, 0.05) is 5.69 Å². The molecule has 0 spiro atoms. The van der Waals surface area contributed by atoms with Crippen molar-refractivity contribution < 1.29 is 9.84 Å². The predicted molar refractivity (Wildman–Crippen MR) is 68.0 cm³/mol. The number of nitrogens with two attached hydrogens (primary N) is 1. The third-order valence-electron chi connectivity index (χ3n) is 2.46. The Balaban J connectivity index is 2.25. The Bertz CT molecular complexity index is 586. The highest BCUT2D eigenvalue weighted by Crippen LogP contribution is 2.26. The lowest BCUT2D eigenvalue weighted by Crippen LogP contribution is -1.91. The van der Waals surface area contributed by atoms with E-state index in [-0.39, 0.29) is 6.61 Å². The minimum Gasteiger partial charge on any atom is -0.456 e. The van der Waals surface area contributed by atoms with Gasteiger partial charge in [0.15, 0.2) is 0 Å². The average Bonchev–Trinajstić information content (AvgIpc) is 2.41. The molecule has 0 saturated heterocycles. The van der Waals surface area contributed by atoms with Gasteiger partial charge in [-0.1, -0.05) is 12.1 Å². The second kappa shape index (κ2) is 5.21. The summed E-state index contributed by atoms with van der Waals surface area (Å²) in [7, 11) is 0. The number of aliphatic hydroxyl groups is 1. The summed E-state index contributed by atoms with van der Waals surface area (Å²) in [6, 6.07) is 13.9. The van der Waals surface area contributed by atoms with E-state index in [1.165, 1.54) is 0 Å². The molecule has 0 atom stereocenters. The van der Waals surface area contributed by atoms with E-state index >= 15 is 0 Å². The molecule has 0 radical (unpaired) electrons. The predicted octanol–water partition coefficient (Wildman–Crippen LogP) is 2.43. The van der Waals surface area contributed by atoms with Crippen LogP contribution in [0.3, 0.4) is 0 Å². The monoisotopic (exact) mass is 240 g/mol. The third kappa shape index (κ3) is 2.59. The summed E-state index contributed by atoms with van der Waals surface area (Å²) in [5.41, 5.74) is 7.32. The Kier molecular flexibility index (Phi) is 3.46. The van der Waals surface area contributed by atoms with Gasteiger partial charge in [-0.05, 0) is 35.9 Å². The number of nitriles is 1. The second-order valence-electron chi connectivity index (χ2n) is 3.77. The maximum atomic E-state index is 8.98. The fraction of sp³-hybridized carbons (Fsp3) is 0.0714. The van der Waals surface area contributed by atoms with Crippen LogP contribution in [0.1, 0.15) is 11.1 Å². The molecule has 0 amide bonds. The molecule has 0 unspecified atom stereocenters. The molecule has 0 heterocycles. The van der Waals surface area contributed by atoms with E-state index in [0.717, 1.165) is 5.56 Å². The van der Waals surface area contributed by atoms with Crippen LogP contribution in [0.4, 0.5) is 5.69 Å². The van der Waals surface area contributed by atoms with Gasteiger partial charge >= 0.3 is 0 Å². The molecule has 0 aliphatic heterocycles. The smallest absolute Gasteiger partial charge is 0.145 e. The van der Waals surface area contributed by atoms with Crippen molar-refractivity contribution in [3.8, 4) is 17.6 Å². The normalized spacial score (nSPS) is 9.78. The molecular weight excluding hydrogens is 228 g/mol. The van der Waals surface area contributed by atoms with Gasteiger partial charge in [-0.2, -0.15) is 5.26 Å². The quantitative estimate of drug-likeness (QED) is 0.807. The molecule has 2 aromatic rings.